The predicted molar refractivity (Wildman–Crippen MR) is 91.6 cm³/mol. The standard InChI is InChI=1S/C17H19ClF2N2O4/c1-4-22-15(13(18)14(21-22)16(24)25-5-2)11-7-6-10(9(3)23)8-12(11)26-17(19)20/h6-9,17,23H,4-5H2,1-3H3. The van der Waals surface area contributed by atoms with Gasteiger partial charge in [-0.1, -0.05) is 17.7 Å². The highest BCUT2D eigenvalue weighted by Crippen LogP contribution is 2.39. The van der Waals surface area contributed by atoms with Crippen LogP contribution in [-0.2, 0) is 11.3 Å². The molecule has 9 heteroatoms. The molecule has 1 N–H and O–H groups in total. The van der Waals surface area contributed by atoms with E-state index in [1.54, 1.807) is 19.9 Å². The minimum atomic E-state index is -3.07. The van der Waals surface area contributed by atoms with Gasteiger partial charge in [0.2, 0.25) is 0 Å². The molecule has 0 saturated carbocycles. The van der Waals surface area contributed by atoms with E-state index in [9.17, 15) is 18.7 Å². The van der Waals surface area contributed by atoms with E-state index in [2.05, 4.69) is 9.84 Å². The first-order valence-electron chi connectivity index (χ1n) is 8.00. The van der Waals surface area contributed by atoms with Crippen molar-refractivity contribution in [3.63, 3.8) is 0 Å². The quantitative estimate of drug-likeness (QED) is 0.724. The number of hydrogen-bond donors (Lipinski definition) is 1. The Morgan fingerprint density at radius 2 is 2.08 bits per heavy atom. The molecule has 1 aromatic heterocycles. The zero-order valence-corrected chi connectivity index (χ0v) is 15.3. The number of halogens is 3. The summed E-state index contributed by atoms with van der Waals surface area (Å²) in [5.74, 6) is -0.881. The first-order chi connectivity index (χ1) is 12.3. The summed E-state index contributed by atoms with van der Waals surface area (Å²) < 4.78 is 36.6. The summed E-state index contributed by atoms with van der Waals surface area (Å²) in [5.41, 5.74) is 0.774. The van der Waals surface area contributed by atoms with Crippen LogP contribution in [0.5, 0.6) is 5.75 Å². The van der Waals surface area contributed by atoms with Gasteiger partial charge in [-0.2, -0.15) is 13.9 Å². The maximum Gasteiger partial charge on any atom is 0.387 e. The van der Waals surface area contributed by atoms with Crippen molar-refractivity contribution < 1.29 is 28.2 Å². The number of carbonyl (C=O) groups is 1. The summed E-state index contributed by atoms with van der Waals surface area (Å²) in [6, 6.07) is 4.36. The minimum absolute atomic E-state index is 0.0192. The van der Waals surface area contributed by atoms with Crippen LogP contribution in [0.3, 0.4) is 0 Å². The van der Waals surface area contributed by atoms with Crippen LogP contribution >= 0.6 is 11.6 Å². The third-order valence-corrected chi connectivity index (χ3v) is 3.98. The van der Waals surface area contributed by atoms with Gasteiger partial charge < -0.3 is 14.6 Å². The number of nitrogens with zero attached hydrogens (tertiary/aromatic N) is 2. The van der Waals surface area contributed by atoms with Crippen molar-refractivity contribution in [2.24, 2.45) is 0 Å². The molecule has 1 atom stereocenters. The van der Waals surface area contributed by atoms with Crippen LogP contribution in [0.2, 0.25) is 5.02 Å². The van der Waals surface area contributed by atoms with Crippen LogP contribution in [0, 0.1) is 0 Å². The Morgan fingerprint density at radius 3 is 2.62 bits per heavy atom. The molecule has 1 heterocycles. The molecule has 2 rings (SSSR count). The van der Waals surface area contributed by atoms with Crippen LogP contribution in [0.25, 0.3) is 11.3 Å². The van der Waals surface area contributed by atoms with Crippen LogP contribution in [0.15, 0.2) is 18.2 Å². The maximum atomic E-state index is 12.9. The number of aryl methyl sites for hydroxylation is 1. The van der Waals surface area contributed by atoms with Gasteiger partial charge in [0, 0.05) is 12.1 Å². The summed E-state index contributed by atoms with van der Waals surface area (Å²) in [6.07, 6.45) is -0.870. The average molecular weight is 389 g/mol. The zero-order chi connectivity index (χ0) is 19.4. The average Bonchev–Trinajstić information content (AvgIpc) is 2.91. The van der Waals surface area contributed by atoms with Crippen molar-refractivity contribution in [2.45, 2.75) is 40.0 Å². The van der Waals surface area contributed by atoms with Gasteiger partial charge in [0.05, 0.1) is 18.4 Å². The number of esters is 1. The molecule has 142 valence electrons. The highest BCUT2D eigenvalue weighted by molar-refractivity contribution is 6.36. The minimum Gasteiger partial charge on any atom is -0.461 e. The molecular formula is C17H19ClF2N2O4. The zero-order valence-electron chi connectivity index (χ0n) is 14.5. The van der Waals surface area contributed by atoms with Crippen LogP contribution < -0.4 is 4.74 Å². The number of ether oxygens (including phenoxy) is 2. The van der Waals surface area contributed by atoms with E-state index in [1.165, 1.54) is 23.7 Å². The topological polar surface area (TPSA) is 73.6 Å². The Balaban J connectivity index is 2.64. The highest BCUT2D eigenvalue weighted by atomic mass is 35.5. The summed E-state index contributed by atoms with van der Waals surface area (Å²) in [4.78, 5) is 12.0. The van der Waals surface area contributed by atoms with Crippen LogP contribution in [0.1, 0.15) is 42.9 Å². The molecule has 0 aliphatic heterocycles. The van der Waals surface area contributed by atoms with Crippen molar-refractivity contribution in [1.82, 2.24) is 9.78 Å². The van der Waals surface area contributed by atoms with Gasteiger partial charge in [-0.15, -0.1) is 0 Å². The molecule has 0 aliphatic carbocycles. The Morgan fingerprint density at radius 1 is 1.38 bits per heavy atom. The SMILES string of the molecule is CCOC(=O)c1nn(CC)c(-c2ccc(C(C)O)cc2OC(F)F)c1Cl. The highest BCUT2D eigenvalue weighted by Gasteiger charge is 2.26. The number of aliphatic hydroxyl groups is 1. The third-order valence-electron chi connectivity index (χ3n) is 3.62. The van der Waals surface area contributed by atoms with Gasteiger partial charge in [0.15, 0.2) is 5.69 Å². The summed E-state index contributed by atoms with van der Waals surface area (Å²) >= 11 is 6.31. The molecule has 0 spiro atoms. The molecule has 0 amide bonds. The van der Waals surface area contributed by atoms with Gasteiger partial charge in [0.1, 0.15) is 10.8 Å². The Hall–Kier alpha value is -2.19. The van der Waals surface area contributed by atoms with E-state index in [0.29, 0.717) is 12.1 Å². The molecule has 6 nitrogen and oxygen atoms in total. The van der Waals surface area contributed by atoms with E-state index in [0.717, 1.165) is 0 Å². The van der Waals surface area contributed by atoms with E-state index in [-0.39, 0.29) is 34.3 Å². The largest absolute Gasteiger partial charge is 0.461 e. The predicted octanol–water partition coefficient (Wildman–Crippen LogP) is 4.05. The second-order valence-electron chi connectivity index (χ2n) is 5.36. The van der Waals surface area contributed by atoms with Gasteiger partial charge in [-0.3, -0.25) is 4.68 Å². The molecule has 0 fully saturated rings. The van der Waals surface area contributed by atoms with E-state index >= 15 is 0 Å². The number of rotatable bonds is 7. The molecule has 0 radical (unpaired) electrons. The van der Waals surface area contributed by atoms with Crippen molar-refractivity contribution in [3.05, 3.63) is 34.5 Å². The Bertz CT molecular complexity index is 793. The van der Waals surface area contributed by atoms with Crippen LogP contribution in [-0.4, -0.2) is 34.1 Å². The van der Waals surface area contributed by atoms with Crippen molar-refractivity contribution in [1.29, 1.82) is 0 Å². The molecule has 0 saturated heterocycles. The number of alkyl halides is 2. The second kappa shape index (κ2) is 8.46. The number of carbonyl (C=O) groups excluding carboxylic acids is 1. The van der Waals surface area contributed by atoms with Gasteiger partial charge in [-0.25, -0.2) is 4.79 Å². The Kier molecular flexibility index (Phi) is 6.55. The van der Waals surface area contributed by atoms with E-state index in [4.69, 9.17) is 16.3 Å². The van der Waals surface area contributed by atoms with E-state index in [1.807, 2.05) is 0 Å². The molecule has 26 heavy (non-hydrogen) atoms. The fraction of sp³-hybridized carbons (Fsp3) is 0.412. The molecule has 2 aromatic rings. The number of hydrogen-bond acceptors (Lipinski definition) is 5. The van der Waals surface area contributed by atoms with Crippen molar-refractivity contribution >= 4 is 17.6 Å². The second-order valence-corrected chi connectivity index (χ2v) is 5.74. The van der Waals surface area contributed by atoms with Gasteiger partial charge in [-0.05, 0) is 38.5 Å². The lowest BCUT2D eigenvalue weighted by Gasteiger charge is -2.15. The summed E-state index contributed by atoms with van der Waals surface area (Å²) in [7, 11) is 0. The third kappa shape index (κ3) is 4.13. The maximum absolute atomic E-state index is 12.9. The summed E-state index contributed by atoms with van der Waals surface area (Å²) in [5, 5.41) is 13.8. The Labute approximate surface area is 154 Å². The molecule has 1 unspecified atom stereocenters. The lowest BCUT2D eigenvalue weighted by Crippen LogP contribution is -2.07. The number of aliphatic hydroxyl groups excluding tert-OH is 1. The lowest BCUT2D eigenvalue weighted by molar-refractivity contribution is -0.0496. The summed E-state index contributed by atoms with van der Waals surface area (Å²) in [6.45, 7) is 2.32. The molecule has 0 bridgehead atoms. The van der Waals surface area contributed by atoms with Crippen LogP contribution in [0.4, 0.5) is 8.78 Å². The first kappa shape index (κ1) is 20.1. The monoisotopic (exact) mass is 388 g/mol. The number of aromatic nitrogens is 2. The van der Waals surface area contributed by atoms with Gasteiger partial charge >= 0.3 is 12.6 Å². The van der Waals surface area contributed by atoms with E-state index < -0.39 is 18.7 Å². The number of benzene rings is 1. The lowest BCUT2D eigenvalue weighted by atomic mass is 10.0. The smallest absolute Gasteiger partial charge is 0.387 e. The first-order valence-corrected chi connectivity index (χ1v) is 8.38. The molecular weight excluding hydrogens is 370 g/mol. The van der Waals surface area contributed by atoms with Crippen molar-refractivity contribution in [2.75, 3.05) is 6.61 Å². The fourth-order valence-electron chi connectivity index (χ4n) is 2.44. The van der Waals surface area contributed by atoms with Gasteiger partial charge in [0.25, 0.3) is 0 Å². The molecule has 1 aromatic carbocycles. The normalized spacial score (nSPS) is 12.3. The van der Waals surface area contributed by atoms with Crippen molar-refractivity contribution in [3.8, 4) is 17.0 Å². The molecule has 0 aliphatic rings. The fourth-order valence-corrected chi connectivity index (χ4v) is 2.76.